The van der Waals surface area contributed by atoms with Crippen molar-refractivity contribution in [1.29, 1.82) is 0 Å². The third-order valence-corrected chi connectivity index (χ3v) is 1.74. The summed E-state index contributed by atoms with van der Waals surface area (Å²) in [6.45, 7) is 1.86. The van der Waals surface area contributed by atoms with E-state index in [1.165, 1.54) is 6.92 Å². The first-order valence-corrected chi connectivity index (χ1v) is 4.41. The number of ether oxygens (including phenoxy) is 1. The molecule has 14 heavy (non-hydrogen) atoms. The van der Waals surface area contributed by atoms with Crippen LogP contribution in [0.4, 0.5) is 0 Å². The number of hydrogen-bond donors (Lipinski definition) is 0. The van der Waals surface area contributed by atoms with Gasteiger partial charge in [-0.3, -0.25) is 4.79 Å². The second-order valence-electron chi connectivity index (χ2n) is 2.89. The van der Waals surface area contributed by atoms with E-state index < -0.39 is 0 Å². The Balaban J connectivity index is 2.63. The molecular formula is C11H12O3. The summed E-state index contributed by atoms with van der Waals surface area (Å²) in [5, 5.41) is 0. The molecule has 0 amide bonds. The van der Waals surface area contributed by atoms with E-state index in [1.54, 1.807) is 24.3 Å². The molecule has 0 aliphatic heterocycles. The van der Waals surface area contributed by atoms with Gasteiger partial charge in [0.25, 0.3) is 0 Å². The molecule has 74 valence electrons. The van der Waals surface area contributed by atoms with Crippen molar-refractivity contribution in [1.82, 2.24) is 0 Å². The van der Waals surface area contributed by atoms with Crippen LogP contribution in [0.15, 0.2) is 24.3 Å². The average molecular weight is 192 g/mol. The van der Waals surface area contributed by atoms with Gasteiger partial charge in [0.2, 0.25) is 0 Å². The topological polar surface area (TPSA) is 43.4 Å². The molecule has 0 aromatic heterocycles. The Morgan fingerprint density at radius 3 is 2.93 bits per heavy atom. The van der Waals surface area contributed by atoms with Crippen molar-refractivity contribution in [2.24, 2.45) is 0 Å². The van der Waals surface area contributed by atoms with Gasteiger partial charge in [-0.25, -0.2) is 0 Å². The monoisotopic (exact) mass is 192 g/mol. The predicted molar refractivity (Wildman–Crippen MR) is 52.6 cm³/mol. The molecule has 0 radical (unpaired) electrons. The molecule has 0 spiro atoms. The van der Waals surface area contributed by atoms with E-state index >= 15 is 0 Å². The van der Waals surface area contributed by atoms with Crippen LogP contribution < -0.4 is 4.74 Å². The van der Waals surface area contributed by atoms with Gasteiger partial charge in [-0.2, -0.15) is 0 Å². The Morgan fingerprint density at radius 1 is 1.50 bits per heavy atom. The van der Waals surface area contributed by atoms with E-state index in [1.807, 2.05) is 0 Å². The quantitative estimate of drug-likeness (QED) is 0.406. The molecule has 0 bridgehead atoms. The van der Waals surface area contributed by atoms with Crippen molar-refractivity contribution in [2.45, 2.75) is 13.3 Å². The van der Waals surface area contributed by atoms with Crippen LogP contribution in [0.25, 0.3) is 0 Å². The van der Waals surface area contributed by atoms with Crippen LogP contribution in [0.5, 0.6) is 5.75 Å². The van der Waals surface area contributed by atoms with Crippen LogP contribution in [0, 0.1) is 0 Å². The Bertz CT molecular complexity index is 331. The molecule has 0 saturated heterocycles. The molecule has 0 saturated carbocycles. The lowest BCUT2D eigenvalue weighted by Gasteiger charge is -2.04. The van der Waals surface area contributed by atoms with Gasteiger partial charge < -0.3 is 9.53 Å². The van der Waals surface area contributed by atoms with Crippen molar-refractivity contribution < 1.29 is 14.3 Å². The minimum atomic E-state index is 0.00540. The first-order valence-electron chi connectivity index (χ1n) is 4.41. The zero-order chi connectivity index (χ0) is 10.4. The van der Waals surface area contributed by atoms with Gasteiger partial charge in [0.15, 0.2) is 5.78 Å². The molecule has 0 unspecified atom stereocenters. The maximum absolute atomic E-state index is 11.0. The summed E-state index contributed by atoms with van der Waals surface area (Å²) in [6, 6.07) is 6.92. The Labute approximate surface area is 82.7 Å². The fourth-order valence-electron chi connectivity index (χ4n) is 1.03. The molecule has 0 atom stereocenters. The second kappa shape index (κ2) is 5.17. The van der Waals surface area contributed by atoms with Crippen molar-refractivity contribution >= 4 is 12.1 Å². The SMILES string of the molecule is CC(=O)c1cccc(OCCC=O)c1. The number of carbonyl (C=O) groups excluding carboxylic acids is 2. The van der Waals surface area contributed by atoms with Crippen LogP contribution in [0.3, 0.4) is 0 Å². The zero-order valence-electron chi connectivity index (χ0n) is 8.03. The van der Waals surface area contributed by atoms with Crippen molar-refractivity contribution in [3.8, 4) is 5.75 Å². The molecular weight excluding hydrogens is 180 g/mol. The largest absolute Gasteiger partial charge is 0.493 e. The molecule has 0 aliphatic rings. The van der Waals surface area contributed by atoms with E-state index in [2.05, 4.69) is 0 Å². The average Bonchev–Trinajstić information content (AvgIpc) is 2.19. The maximum Gasteiger partial charge on any atom is 0.159 e. The number of rotatable bonds is 5. The molecule has 3 heteroatoms. The lowest BCUT2D eigenvalue weighted by Crippen LogP contribution is -1.99. The number of ketones is 1. The van der Waals surface area contributed by atoms with Crippen LogP contribution in [-0.4, -0.2) is 18.7 Å². The van der Waals surface area contributed by atoms with Crippen LogP contribution >= 0.6 is 0 Å². The summed E-state index contributed by atoms with van der Waals surface area (Å²) >= 11 is 0. The number of aldehydes is 1. The molecule has 1 aromatic carbocycles. The summed E-state index contributed by atoms with van der Waals surface area (Å²) in [5.74, 6) is 0.630. The van der Waals surface area contributed by atoms with Gasteiger partial charge in [0.1, 0.15) is 12.0 Å². The lowest BCUT2D eigenvalue weighted by atomic mass is 10.1. The summed E-state index contributed by atoms with van der Waals surface area (Å²) in [7, 11) is 0. The van der Waals surface area contributed by atoms with Gasteiger partial charge in [-0.1, -0.05) is 12.1 Å². The van der Waals surface area contributed by atoms with E-state index in [0.29, 0.717) is 24.3 Å². The summed E-state index contributed by atoms with van der Waals surface area (Å²) in [4.78, 5) is 21.1. The normalized spacial score (nSPS) is 9.50. The molecule has 1 rings (SSSR count). The Kier molecular flexibility index (Phi) is 3.85. The summed E-state index contributed by atoms with van der Waals surface area (Å²) in [6.07, 6.45) is 1.17. The van der Waals surface area contributed by atoms with Gasteiger partial charge in [0, 0.05) is 12.0 Å². The summed E-state index contributed by atoms with van der Waals surface area (Å²) < 4.78 is 5.25. The molecule has 3 nitrogen and oxygen atoms in total. The smallest absolute Gasteiger partial charge is 0.159 e. The van der Waals surface area contributed by atoms with Gasteiger partial charge >= 0.3 is 0 Å². The van der Waals surface area contributed by atoms with E-state index in [4.69, 9.17) is 4.74 Å². The standard InChI is InChI=1S/C11H12O3/c1-9(13)10-4-2-5-11(8-10)14-7-3-6-12/h2,4-6,8H,3,7H2,1H3. The molecule has 0 aliphatic carbocycles. The number of benzene rings is 1. The predicted octanol–water partition coefficient (Wildman–Crippen LogP) is 1.86. The third kappa shape index (κ3) is 3.01. The third-order valence-electron chi connectivity index (χ3n) is 1.74. The number of Topliss-reactive ketones (excluding diaryl/α,β-unsaturated/α-hetero) is 1. The van der Waals surface area contributed by atoms with Crippen molar-refractivity contribution in [3.05, 3.63) is 29.8 Å². The Hall–Kier alpha value is -1.64. The van der Waals surface area contributed by atoms with Crippen LogP contribution in [0.2, 0.25) is 0 Å². The zero-order valence-corrected chi connectivity index (χ0v) is 8.03. The maximum atomic E-state index is 11.0. The fourth-order valence-corrected chi connectivity index (χ4v) is 1.03. The molecule has 0 fully saturated rings. The molecule has 0 heterocycles. The van der Waals surface area contributed by atoms with E-state index in [9.17, 15) is 9.59 Å². The highest BCUT2D eigenvalue weighted by Crippen LogP contribution is 2.13. The van der Waals surface area contributed by atoms with Crippen molar-refractivity contribution in [3.63, 3.8) is 0 Å². The van der Waals surface area contributed by atoms with Gasteiger partial charge in [-0.15, -0.1) is 0 Å². The van der Waals surface area contributed by atoms with E-state index in [0.717, 1.165) is 6.29 Å². The second-order valence-corrected chi connectivity index (χ2v) is 2.89. The highest BCUT2D eigenvalue weighted by atomic mass is 16.5. The highest BCUT2D eigenvalue weighted by Gasteiger charge is 2.00. The van der Waals surface area contributed by atoms with Crippen LogP contribution in [0.1, 0.15) is 23.7 Å². The minimum absolute atomic E-state index is 0.00540. The summed E-state index contributed by atoms with van der Waals surface area (Å²) in [5.41, 5.74) is 0.619. The number of carbonyl (C=O) groups is 2. The molecule has 0 N–H and O–H groups in total. The fraction of sp³-hybridized carbons (Fsp3) is 0.273. The molecule has 1 aromatic rings. The highest BCUT2D eigenvalue weighted by molar-refractivity contribution is 5.94. The van der Waals surface area contributed by atoms with Gasteiger partial charge in [0.05, 0.1) is 6.61 Å². The van der Waals surface area contributed by atoms with E-state index in [-0.39, 0.29) is 5.78 Å². The number of hydrogen-bond acceptors (Lipinski definition) is 3. The minimum Gasteiger partial charge on any atom is -0.493 e. The first-order chi connectivity index (χ1) is 6.74. The first kappa shape index (κ1) is 10.4. The van der Waals surface area contributed by atoms with Crippen molar-refractivity contribution in [2.75, 3.05) is 6.61 Å². The Morgan fingerprint density at radius 2 is 2.29 bits per heavy atom. The van der Waals surface area contributed by atoms with Gasteiger partial charge in [-0.05, 0) is 19.1 Å². The van der Waals surface area contributed by atoms with Crippen LogP contribution in [-0.2, 0) is 4.79 Å². The lowest BCUT2D eigenvalue weighted by molar-refractivity contribution is -0.108.